The summed E-state index contributed by atoms with van der Waals surface area (Å²) in [6, 6.07) is 8.35. The van der Waals surface area contributed by atoms with Gasteiger partial charge in [-0.15, -0.1) is 0 Å². The lowest BCUT2D eigenvalue weighted by Gasteiger charge is -2.07. The van der Waals surface area contributed by atoms with E-state index in [4.69, 9.17) is 0 Å². The number of aromatic nitrogens is 3. The molecule has 90 valence electrons. The second-order valence-electron chi connectivity index (χ2n) is 4.19. The Bertz CT molecular complexity index is 626. The van der Waals surface area contributed by atoms with Gasteiger partial charge in [0.15, 0.2) is 0 Å². The third-order valence-electron chi connectivity index (χ3n) is 2.96. The van der Waals surface area contributed by atoms with Crippen LogP contribution in [0.3, 0.4) is 0 Å². The van der Waals surface area contributed by atoms with E-state index >= 15 is 0 Å². The van der Waals surface area contributed by atoms with Crippen molar-refractivity contribution in [1.82, 2.24) is 20.3 Å². The smallest absolute Gasteiger partial charge is 0.0922 e. The number of nitrogens with zero attached hydrogens (tertiary/aromatic N) is 2. The molecule has 0 aliphatic heterocycles. The molecule has 1 aromatic carbocycles. The van der Waals surface area contributed by atoms with Gasteiger partial charge in [0.05, 0.1) is 6.33 Å². The first kappa shape index (κ1) is 10.9. The first-order valence-electron chi connectivity index (χ1n) is 5.93. The van der Waals surface area contributed by atoms with Crippen molar-refractivity contribution in [3.63, 3.8) is 0 Å². The van der Waals surface area contributed by atoms with Crippen molar-refractivity contribution < 1.29 is 0 Å². The zero-order valence-corrected chi connectivity index (χ0v) is 9.93. The van der Waals surface area contributed by atoms with Crippen molar-refractivity contribution in [3.8, 4) is 0 Å². The van der Waals surface area contributed by atoms with Crippen molar-refractivity contribution in [1.29, 1.82) is 0 Å². The monoisotopic (exact) mass is 238 g/mol. The molecule has 18 heavy (non-hydrogen) atoms. The van der Waals surface area contributed by atoms with Gasteiger partial charge in [0.1, 0.15) is 0 Å². The molecule has 4 heteroatoms. The van der Waals surface area contributed by atoms with Crippen LogP contribution in [0.4, 0.5) is 0 Å². The van der Waals surface area contributed by atoms with Crippen molar-refractivity contribution in [2.75, 3.05) is 0 Å². The van der Waals surface area contributed by atoms with Crippen molar-refractivity contribution in [2.45, 2.75) is 13.1 Å². The number of pyridine rings is 1. The van der Waals surface area contributed by atoms with Crippen LogP contribution in [0.15, 0.2) is 49.2 Å². The number of H-pyrrole nitrogens is 1. The first-order valence-corrected chi connectivity index (χ1v) is 5.93. The number of nitrogens with one attached hydrogen (secondary N) is 2. The van der Waals surface area contributed by atoms with Gasteiger partial charge in [0.25, 0.3) is 0 Å². The van der Waals surface area contributed by atoms with E-state index in [1.807, 2.05) is 18.6 Å². The van der Waals surface area contributed by atoms with E-state index < -0.39 is 0 Å². The fourth-order valence-electron chi connectivity index (χ4n) is 2.06. The van der Waals surface area contributed by atoms with Gasteiger partial charge in [0.2, 0.25) is 0 Å². The van der Waals surface area contributed by atoms with Crippen LogP contribution in [-0.4, -0.2) is 15.0 Å². The maximum Gasteiger partial charge on any atom is 0.0922 e. The molecule has 0 aliphatic carbocycles. The Labute approximate surface area is 105 Å². The minimum absolute atomic E-state index is 0.793. The number of benzene rings is 1. The number of hydrogen-bond acceptors (Lipinski definition) is 3. The van der Waals surface area contributed by atoms with Gasteiger partial charge in [-0.3, -0.25) is 4.98 Å². The molecule has 2 aromatic heterocycles. The molecular formula is C14H14N4. The topological polar surface area (TPSA) is 53.6 Å². The number of rotatable bonds is 4. The second-order valence-corrected chi connectivity index (χ2v) is 4.19. The summed E-state index contributed by atoms with van der Waals surface area (Å²) in [4.78, 5) is 11.2. The highest BCUT2D eigenvalue weighted by molar-refractivity contribution is 5.84. The van der Waals surface area contributed by atoms with Crippen molar-refractivity contribution in [3.05, 3.63) is 60.4 Å². The lowest BCUT2D eigenvalue weighted by Crippen LogP contribution is -2.13. The normalized spacial score (nSPS) is 10.9. The molecular weight excluding hydrogens is 224 g/mol. The van der Waals surface area contributed by atoms with E-state index in [-0.39, 0.29) is 0 Å². The summed E-state index contributed by atoms with van der Waals surface area (Å²) >= 11 is 0. The average molecular weight is 238 g/mol. The van der Waals surface area contributed by atoms with E-state index in [0.717, 1.165) is 18.8 Å². The quantitative estimate of drug-likeness (QED) is 0.733. The molecule has 0 radical (unpaired) electrons. The maximum absolute atomic E-state index is 4.14. The predicted molar refractivity (Wildman–Crippen MR) is 70.9 cm³/mol. The largest absolute Gasteiger partial charge is 0.347 e. The Morgan fingerprint density at radius 3 is 2.94 bits per heavy atom. The molecule has 0 atom stereocenters. The molecule has 2 N–H and O–H groups in total. The average Bonchev–Trinajstić information content (AvgIpc) is 2.92. The zero-order valence-electron chi connectivity index (χ0n) is 9.93. The number of imidazole rings is 1. The van der Waals surface area contributed by atoms with Gasteiger partial charge in [-0.2, -0.15) is 0 Å². The Hall–Kier alpha value is -2.20. The van der Waals surface area contributed by atoms with Crippen LogP contribution in [0.5, 0.6) is 0 Å². The summed E-state index contributed by atoms with van der Waals surface area (Å²) in [6.45, 7) is 1.63. The minimum atomic E-state index is 0.793. The lowest BCUT2D eigenvalue weighted by atomic mass is 10.1. The molecule has 0 aliphatic rings. The summed E-state index contributed by atoms with van der Waals surface area (Å²) in [5.74, 6) is 0. The SMILES string of the molecule is c1cc(CNCc2cnc[nH]2)c2ccncc2c1. The van der Waals surface area contributed by atoms with Crippen LogP contribution in [0.25, 0.3) is 10.8 Å². The van der Waals surface area contributed by atoms with Crippen LogP contribution in [0.2, 0.25) is 0 Å². The molecule has 0 saturated heterocycles. The lowest BCUT2D eigenvalue weighted by molar-refractivity contribution is 0.685. The maximum atomic E-state index is 4.14. The summed E-state index contributed by atoms with van der Waals surface area (Å²) in [5, 5.41) is 5.84. The summed E-state index contributed by atoms with van der Waals surface area (Å²) in [7, 11) is 0. The molecule has 3 aromatic rings. The minimum Gasteiger partial charge on any atom is -0.347 e. The van der Waals surface area contributed by atoms with Crippen molar-refractivity contribution in [2.24, 2.45) is 0 Å². The van der Waals surface area contributed by atoms with E-state index in [1.54, 1.807) is 6.33 Å². The predicted octanol–water partition coefficient (Wildman–Crippen LogP) is 2.25. The van der Waals surface area contributed by atoms with E-state index in [9.17, 15) is 0 Å². The standard InChI is InChI=1S/C14H14N4/c1-2-11-6-15-5-4-14(11)12(3-1)7-16-8-13-9-17-10-18-13/h1-6,9-10,16H,7-8H2,(H,17,18). The summed E-state index contributed by atoms with van der Waals surface area (Å²) in [6.07, 6.45) is 7.26. The van der Waals surface area contributed by atoms with Crippen molar-refractivity contribution >= 4 is 10.8 Å². The van der Waals surface area contributed by atoms with E-state index in [1.165, 1.54) is 16.3 Å². The Kier molecular flexibility index (Phi) is 3.02. The van der Waals surface area contributed by atoms with E-state index in [0.29, 0.717) is 0 Å². The number of fused-ring (bicyclic) bond motifs is 1. The number of hydrogen-bond donors (Lipinski definition) is 2. The van der Waals surface area contributed by atoms with Crippen LogP contribution < -0.4 is 5.32 Å². The Morgan fingerprint density at radius 2 is 2.06 bits per heavy atom. The van der Waals surface area contributed by atoms with Gasteiger partial charge in [-0.1, -0.05) is 18.2 Å². The third-order valence-corrected chi connectivity index (χ3v) is 2.96. The van der Waals surface area contributed by atoms with Gasteiger partial charge < -0.3 is 10.3 Å². The molecule has 0 bridgehead atoms. The number of aromatic amines is 1. The highest BCUT2D eigenvalue weighted by Gasteiger charge is 2.00. The van der Waals surface area contributed by atoms with Crippen LogP contribution in [0, 0.1) is 0 Å². The van der Waals surface area contributed by atoms with E-state index in [2.05, 4.69) is 44.5 Å². The van der Waals surface area contributed by atoms with Crippen LogP contribution in [0.1, 0.15) is 11.3 Å². The molecule has 0 unspecified atom stereocenters. The van der Waals surface area contributed by atoms with Gasteiger partial charge in [0, 0.05) is 42.8 Å². The molecule has 0 fully saturated rings. The highest BCUT2D eigenvalue weighted by atomic mass is 14.9. The molecule has 0 amide bonds. The van der Waals surface area contributed by atoms with Gasteiger partial charge >= 0.3 is 0 Å². The molecule has 0 saturated carbocycles. The molecule has 4 nitrogen and oxygen atoms in total. The summed E-state index contributed by atoms with van der Waals surface area (Å²) in [5.41, 5.74) is 2.38. The Morgan fingerprint density at radius 1 is 1.06 bits per heavy atom. The Balaban J connectivity index is 1.74. The summed E-state index contributed by atoms with van der Waals surface area (Å²) < 4.78 is 0. The zero-order chi connectivity index (χ0) is 12.2. The fraction of sp³-hybridized carbons (Fsp3) is 0.143. The highest BCUT2D eigenvalue weighted by Crippen LogP contribution is 2.17. The second kappa shape index (κ2) is 4.98. The molecule has 3 rings (SSSR count). The fourth-order valence-corrected chi connectivity index (χ4v) is 2.06. The van der Waals surface area contributed by atoms with Gasteiger partial charge in [-0.25, -0.2) is 4.98 Å². The molecule has 0 spiro atoms. The van der Waals surface area contributed by atoms with Crippen LogP contribution >= 0.6 is 0 Å². The third kappa shape index (κ3) is 2.24. The van der Waals surface area contributed by atoms with Gasteiger partial charge in [-0.05, 0) is 17.0 Å². The van der Waals surface area contributed by atoms with Crippen LogP contribution in [-0.2, 0) is 13.1 Å². The first-order chi connectivity index (χ1) is 8.93. The molecule has 2 heterocycles.